The number of hydrogen-bond acceptors (Lipinski definition) is 2. The number of fused-ring (bicyclic) bond motifs is 1. The van der Waals surface area contributed by atoms with E-state index in [0.717, 1.165) is 27.1 Å². The molecule has 4 nitrogen and oxygen atoms in total. The molecular formula is C16H13BrN2O2. The Morgan fingerprint density at radius 3 is 2.62 bits per heavy atom. The van der Waals surface area contributed by atoms with Crippen LogP contribution in [0.2, 0.25) is 0 Å². The summed E-state index contributed by atoms with van der Waals surface area (Å²) >= 11 is 3.46. The van der Waals surface area contributed by atoms with Crippen molar-refractivity contribution >= 4 is 32.9 Å². The summed E-state index contributed by atoms with van der Waals surface area (Å²) in [6.45, 7) is 3.96. The van der Waals surface area contributed by atoms with E-state index in [9.17, 15) is 4.79 Å². The largest absolute Gasteiger partial charge is 0.478 e. The van der Waals surface area contributed by atoms with Gasteiger partial charge in [0.15, 0.2) is 0 Å². The summed E-state index contributed by atoms with van der Waals surface area (Å²) in [7, 11) is 0. The van der Waals surface area contributed by atoms with E-state index < -0.39 is 5.97 Å². The fourth-order valence-electron chi connectivity index (χ4n) is 2.51. The minimum absolute atomic E-state index is 0.250. The molecule has 3 rings (SSSR count). The maximum absolute atomic E-state index is 11.1. The van der Waals surface area contributed by atoms with E-state index >= 15 is 0 Å². The SMILES string of the molecule is Cc1cc(Br)ccc1-n1c(C)nc2cc(C(=O)O)ccc21. The third-order valence-electron chi connectivity index (χ3n) is 3.47. The number of rotatable bonds is 2. The highest BCUT2D eigenvalue weighted by Gasteiger charge is 2.13. The molecule has 3 aromatic rings. The number of carboxylic acid groups (broad SMARTS) is 1. The Balaban J connectivity index is 2.27. The number of aromatic carboxylic acids is 1. The van der Waals surface area contributed by atoms with Crippen LogP contribution in [0.1, 0.15) is 21.7 Å². The number of aryl methyl sites for hydroxylation is 2. The molecule has 0 saturated heterocycles. The van der Waals surface area contributed by atoms with Crippen molar-refractivity contribution in [3.63, 3.8) is 0 Å². The summed E-state index contributed by atoms with van der Waals surface area (Å²) in [5, 5.41) is 9.07. The lowest BCUT2D eigenvalue weighted by Crippen LogP contribution is -2.00. The molecule has 0 bridgehead atoms. The Labute approximate surface area is 130 Å². The van der Waals surface area contributed by atoms with Crippen molar-refractivity contribution in [3.8, 4) is 5.69 Å². The lowest BCUT2D eigenvalue weighted by molar-refractivity contribution is 0.0697. The van der Waals surface area contributed by atoms with Gasteiger partial charge in [-0.1, -0.05) is 15.9 Å². The molecule has 0 aliphatic heterocycles. The van der Waals surface area contributed by atoms with Crippen LogP contribution in [0.15, 0.2) is 40.9 Å². The van der Waals surface area contributed by atoms with Crippen LogP contribution in [0.25, 0.3) is 16.7 Å². The standard InChI is InChI=1S/C16H13BrN2O2/c1-9-7-12(17)4-6-14(9)19-10(2)18-13-8-11(16(20)21)3-5-15(13)19/h3-8H,1-2H3,(H,20,21). The molecule has 0 aliphatic rings. The first kappa shape index (κ1) is 13.8. The number of aromatic nitrogens is 2. The second-order valence-corrected chi connectivity index (χ2v) is 5.85. The molecule has 106 valence electrons. The van der Waals surface area contributed by atoms with Gasteiger partial charge in [0.2, 0.25) is 0 Å². The van der Waals surface area contributed by atoms with E-state index in [-0.39, 0.29) is 5.56 Å². The fourth-order valence-corrected chi connectivity index (χ4v) is 2.98. The zero-order valence-corrected chi connectivity index (χ0v) is 13.2. The average molecular weight is 345 g/mol. The molecule has 5 heteroatoms. The van der Waals surface area contributed by atoms with E-state index in [1.54, 1.807) is 18.2 Å². The molecule has 0 aliphatic carbocycles. The van der Waals surface area contributed by atoms with E-state index in [1.807, 2.05) is 36.6 Å². The Kier molecular flexibility index (Phi) is 3.29. The summed E-state index contributed by atoms with van der Waals surface area (Å²) in [6.07, 6.45) is 0. The Bertz CT molecular complexity index is 868. The molecule has 1 N–H and O–H groups in total. The Morgan fingerprint density at radius 2 is 1.95 bits per heavy atom. The Hall–Kier alpha value is -2.14. The highest BCUT2D eigenvalue weighted by Crippen LogP contribution is 2.26. The minimum atomic E-state index is -0.941. The van der Waals surface area contributed by atoms with Crippen LogP contribution in [0.3, 0.4) is 0 Å². The predicted octanol–water partition coefficient (Wildman–Crippen LogP) is 4.10. The highest BCUT2D eigenvalue weighted by molar-refractivity contribution is 9.10. The molecule has 0 unspecified atom stereocenters. The van der Waals surface area contributed by atoms with Crippen LogP contribution in [0, 0.1) is 13.8 Å². The fraction of sp³-hybridized carbons (Fsp3) is 0.125. The van der Waals surface area contributed by atoms with Crippen molar-refractivity contribution in [3.05, 3.63) is 57.8 Å². The van der Waals surface area contributed by atoms with E-state index in [1.165, 1.54) is 0 Å². The number of hydrogen-bond donors (Lipinski definition) is 1. The van der Waals surface area contributed by atoms with Gasteiger partial charge in [0.05, 0.1) is 22.3 Å². The number of halogens is 1. The van der Waals surface area contributed by atoms with Crippen LogP contribution in [0.5, 0.6) is 0 Å². The molecule has 0 saturated carbocycles. The van der Waals surface area contributed by atoms with Gasteiger partial charge >= 0.3 is 5.97 Å². The molecule has 1 aromatic heterocycles. The third kappa shape index (κ3) is 2.34. The van der Waals surface area contributed by atoms with Crippen molar-refractivity contribution in [2.45, 2.75) is 13.8 Å². The van der Waals surface area contributed by atoms with Crippen molar-refractivity contribution < 1.29 is 9.90 Å². The molecule has 0 atom stereocenters. The topological polar surface area (TPSA) is 55.1 Å². The first-order valence-electron chi connectivity index (χ1n) is 6.46. The molecule has 0 fully saturated rings. The molecule has 21 heavy (non-hydrogen) atoms. The van der Waals surface area contributed by atoms with Crippen LogP contribution in [-0.4, -0.2) is 20.6 Å². The maximum Gasteiger partial charge on any atom is 0.335 e. The van der Waals surface area contributed by atoms with Crippen molar-refractivity contribution in [1.29, 1.82) is 0 Å². The molecule has 1 heterocycles. The monoisotopic (exact) mass is 344 g/mol. The molecule has 0 radical (unpaired) electrons. The van der Waals surface area contributed by atoms with Gasteiger partial charge in [0, 0.05) is 4.47 Å². The number of carboxylic acids is 1. The normalized spacial score (nSPS) is 11.0. The van der Waals surface area contributed by atoms with Crippen molar-refractivity contribution in [2.24, 2.45) is 0 Å². The summed E-state index contributed by atoms with van der Waals surface area (Å²) in [4.78, 5) is 15.5. The zero-order valence-electron chi connectivity index (χ0n) is 11.6. The molecule has 0 spiro atoms. The van der Waals surface area contributed by atoms with Gasteiger partial charge in [0.25, 0.3) is 0 Å². The van der Waals surface area contributed by atoms with Gasteiger partial charge in [-0.05, 0) is 55.8 Å². The Morgan fingerprint density at radius 1 is 1.19 bits per heavy atom. The molecular weight excluding hydrogens is 332 g/mol. The lowest BCUT2D eigenvalue weighted by Gasteiger charge is -2.10. The van der Waals surface area contributed by atoms with Gasteiger partial charge in [-0.25, -0.2) is 9.78 Å². The quantitative estimate of drug-likeness (QED) is 0.761. The predicted molar refractivity (Wildman–Crippen MR) is 85.2 cm³/mol. The summed E-state index contributed by atoms with van der Waals surface area (Å²) in [5.41, 5.74) is 4.01. The van der Waals surface area contributed by atoms with E-state index in [0.29, 0.717) is 5.52 Å². The van der Waals surface area contributed by atoms with Crippen LogP contribution in [0.4, 0.5) is 0 Å². The second kappa shape index (κ2) is 5.00. The number of benzene rings is 2. The van der Waals surface area contributed by atoms with Crippen molar-refractivity contribution in [1.82, 2.24) is 9.55 Å². The second-order valence-electron chi connectivity index (χ2n) is 4.93. The minimum Gasteiger partial charge on any atom is -0.478 e. The smallest absolute Gasteiger partial charge is 0.335 e. The molecule has 2 aromatic carbocycles. The number of carbonyl (C=O) groups is 1. The van der Waals surface area contributed by atoms with Gasteiger partial charge in [-0.15, -0.1) is 0 Å². The summed E-state index contributed by atoms with van der Waals surface area (Å²) in [5.74, 6) is -0.109. The molecule has 0 amide bonds. The number of nitrogens with zero attached hydrogens (tertiary/aromatic N) is 2. The maximum atomic E-state index is 11.1. The summed E-state index contributed by atoms with van der Waals surface area (Å²) < 4.78 is 3.07. The van der Waals surface area contributed by atoms with Gasteiger partial charge in [0.1, 0.15) is 5.82 Å². The van der Waals surface area contributed by atoms with E-state index in [4.69, 9.17) is 5.11 Å². The zero-order chi connectivity index (χ0) is 15.1. The van der Waals surface area contributed by atoms with Gasteiger partial charge in [-0.3, -0.25) is 4.57 Å². The van der Waals surface area contributed by atoms with Crippen LogP contribution < -0.4 is 0 Å². The van der Waals surface area contributed by atoms with Gasteiger partial charge < -0.3 is 5.11 Å². The van der Waals surface area contributed by atoms with E-state index in [2.05, 4.69) is 20.9 Å². The van der Waals surface area contributed by atoms with Crippen LogP contribution >= 0.6 is 15.9 Å². The average Bonchev–Trinajstić information content (AvgIpc) is 2.74. The summed E-state index contributed by atoms with van der Waals surface area (Å²) in [6, 6.07) is 11.1. The third-order valence-corrected chi connectivity index (χ3v) is 3.96. The van der Waals surface area contributed by atoms with Gasteiger partial charge in [-0.2, -0.15) is 0 Å². The lowest BCUT2D eigenvalue weighted by atomic mass is 10.1. The van der Waals surface area contributed by atoms with Crippen molar-refractivity contribution in [2.75, 3.05) is 0 Å². The number of imidazole rings is 1. The highest BCUT2D eigenvalue weighted by atomic mass is 79.9. The first-order valence-corrected chi connectivity index (χ1v) is 7.25. The first-order chi connectivity index (χ1) is 9.97. The van der Waals surface area contributed by atoms with Crippen LogP contribution in [-0.2, 0) is 0 Å².